The number of hydrogen-bond acceptors (Lipinski definition) is 5. The summed E-state index contributed by atoms with van der Waals surface area (Å²) in [5.74, 6) is -0.403. The van der Waals surface area contributed by atoms with E-state index in [-0.39, 0.29) is 23.1 Å². The molecule has 0 saturated heterocycles. The van der Waals surface area contributed by atoms with Crippen LogP contribution < -0.4 is 10.0 Å². The smallest absolute Gasteiger partial charge is 0.255 e. The highest BCUT2D eigenvalue weighted by atomic mass is 32.2. The quantitative estimate of drug-likeness (QED) is 0.481. The van der Waals surface area contributed by atoms with Crippen molar-refractivity contribution in [2.75, 3.05) is 12.4 Å². The first-order valence-electron chi connectivity index (χ1n) is 9.88. The third-order valence-corrected chi connectivity index (χ3v) is 6.24. The van der Waals surface area contributed by atoms with Crippen molar-refractivity contribution < 1.29 is 22.7 Å². The van der Waals surface area contributed by atoms with Crippen molar-refractivity contribution in [2.24, 2.45) is 0 Å². The summed E-state index contributed by atoms with van der Waals surface area (Å²) in [7, 11) is -2.14. The summed E-state index contributed by atoms with van der Waals surface area (Å²) in [4.78, 5) is 24.0. The third kappa shape index (κ3) is 5.88. The molecule has 0 fully saturated rings. The Hall–Kier alpha value is -3.33. The lowest BCUT2D eigenvalue weighted by atomic mass is 10.1. The Kier molecular flexibility index (Phi) is 7.53. The summed E-state index contributed by atoms with van der Waals surface area (Å²) in [6, 6.07) is 19.8. The molecule has 0 heterocycles. The van der Waals surface area contributed by atoms with Gasteiger partial charge in [-0.05, 0) is 42.8 Å². The van der Waals surface area contributed by atoms with Crippen molar-refractivity contribution in [1.29, 1.82) is 0 Å². The average Bonchev–Trinajstić information content (AvgIpc) is 2.79. The van der Waals surface area contributed by atoms with E-state index >= 15 is 0 Å². The van der Waals surface area contributed by atoms with Gasteiger partial charge in [-0.2, -0.15) is 0 Å². The molecule has 0 spiro atoms. The minimum atomic E-state index is -3.73. The molecule has 1 amide bonds. The monoisotopic (exact) mass is 452 g/mol. The number of hydrogen-bond donors (Lipinski definition) is 2. The Balaban J connectivity index is 1.63. The predicted octanol–water partition coefficient (Wildman–Crippen LogP) is 3.77. The van der Waals surface area contributed by atoms with Crippen LogP contribution in [0.15, 0.2) is 77.7 Å². The number of ketones is 1. The Bertz CT molecular complexity index is 1200. The predicted molar refractivity (Wildman–Crippen MR) is 122 cm³/mol. The Morgan fingerprint density at radius 1 is 0.875 bits per heavy atom. The molecule has 2 N–H and O–H groups in total. The largest absolute Gasteiger partial charge is 0.380 e. The van der Waals surface area contributed by atoms with E-state index in [0.29, 0.717) is 29.0 Å². The second-order valence-electron chi connectivity index (χ2n) is 7.15. The van der Waals surface area contributed by atoms with Gasteiger partial charge in [0, 0.05) is 36.0 Å². The zero-order valence-electron chi connectivity index (χ0n) is 17.8. The van der Waals surface area contributed by atoms with Crippen LogP contribution in [0.25, 0.3) is 0 Å². The number of ether oxygens (including phenoxy) is 1. The maximum Gasteiger partial charge on any atom is 0.255 e. The maximum absolute atomic E-state index is 12.6. The molecule has 0 bridgehead atoms. The number of para-hydroxylation sites is 1. The number of Topliss-reactive ketones (excluding diaryl/α,β-unsaturated/α-hetero) is 1. The molecule has 3 rings (SSSR count). The number of amides is 1. The highest BCUT2D eigenvalue weighted by molar-refractivity contribution is 7.89. The molecule has 0 radical (unpaired) electrons. The molecule has 32 heavy (non-hydrogen) atoms. The molecule has 0 unspecified atom stereocenters. The van der Waals surface area contributed by atoms with Gasteiger partial charge in [0.15, 0.2) is 5.78 Å². The van der Waals surface area contributed by atoms with E-state index in [2.05, 4.69) is 10.0 Å². The number of benzene rings is 3. The summed E-state index contributed by atoms with van der Waals surface area (Å²) in [5.41, 5.74) is 3.13. The van der Waals surface area contributed by atoms with E-state index in [0.717, 1.165) is 5.56 Å². The second-order valence-corrected chi connectivity index (χ2v) is 8.91. The number of sulfonamides is 1. The van der Waals surface area contributed by atoms with E-state index in [9.17, 15) is 18.0 Å². The van der Waals surface area contributed by atoms with Gasteiger partial charge in [0.05, 0.1) is 11.5 Å². The number of nitrogens with one attached hydrogen (secondary N) is 2. The lowest BCUT2D eigenvalue weighted by Crippen LogP contribution is -2.23. The van der Waals surface area contributed by atoms with Gasteiger partial charge in [-0.3, -0.25) is 9.59 Å². The fraction of sp³-hybridized carbons (Fsp3) is 0.167. The van der Waals surface area contributed by atoms with Crippen molar-refractivity contribution in [3.05, 3.63) is 95.1 Å². The minimum absolute atomic E-state index is 0.0648. The van der Waals surface area contributed by atoms with Crippen molar-refractivity contribution in [1.82, 2.24) is 4.72 Å². The number of carbonyl (C=O) groups excluding carboxylic acids is 2. The third-order valence-electron chi connectivity index (χ3n) is 4.82. The molecule has 0 aromatic heterocycles. The molecule has 0 aliphatic carbocycles. The van der Waals surface area contributed by atoms with Crippen molar-refractivity contribution in [3.63, 3.8) is 0 Å². The zero-order chi connectivity index (χ0) is 23.1. The molecule has 0 aliphatic rings. The fourth-order valence-corrected chi connectivity index (χ4v) is 4.04. The summed E-state index contributed by atoms with van der Waals surface area (Å²) in [5, 5.41) is 2.87. The van der Waals surface area contributed by atoms with Gasteiger partial charge in [-0.25, -0.2) is 13.1 Å². The standard InChI is InChI=1S/C24H24N2O5S/c1-17(27)19-11-13-22(14-12-19)32(29,30)25-15-18-7-9-20(10-8-18)24(28)26-23-6-4-3-5-21(23)16-31-2/h3-14,25H,15-16H2,1-2H3,(H,26,28). The average molecular weight is 453 g/mol. The van der Waals surface area contributed by atoms with E-state index in [1.807, 2.05) is 18.2 Å². The molecule has 3 aromatic rings. The zero-order valence-corrected chi connectivity index (χ0v) is 18.6. The first-order chi connectivity index (χ1) is 15.3. The molecule has 166 valence electrons. The van der Waals surface area contributed by atoms with Crippen molar-refractivity contribution in [3.8, 4) is 0 Å². The molecule has 0 saturated carbocycles. The molecule has 0 atom stereocenters. The Morgan fingerprint density at radius 3 is 2.12 bits per heavy atom. The number of carbonyl (C=O) groups is 2. The molecular formula is C24H24N2O5S. The summed E-state index contributed by atoms with van der Waals surface area (Å²) < 4.78 is 32.6. The molecule has 7 nitrogen and oxygen atoms in total. The summed E-state index contributed by atoms with van der Waals surface area (Å²) in [6.45, 7) is 1.87. The highest BCUT2D eigenvalue weighted by Gasteiger charge is 2.15. The molecule has 8 heteroatoms. The van der Waals surface area contributed by atoms with E-state index in [1.54, 1.807) is 37.4 Å². The van der Waals surface area contributed by atoms with Gasteiger partial charge >= 0.3 is 0 Å². The molecular weight excluding hydrogens is 428 g/mol. The molecule has 0 aliphatic heterocycles. The van der Waals surface area contributed by atoms with Gasteiger partial charge in [0.25, 0.3) is 5.91 Å². The fourth-order valence-electron chi connectivity index (χ4n) is 3.02. The van der Waals surface area contributed by atoms with Crippen LogP contribution in [-0.2, 0) is 27.9 Å². The second kappa shape index (κ2) is 10.3. The first-order valence-corrected chi connectivity index (χ1v) is 11.4. The molecule has 3 aromatic carbocycles. The van der Waals surface area contributed by atoms with Gasteiger partial charge in [-0.15, -0.1) is 0 Å². The van der Waals surface area contributed by atoms with Crippen LogP contribution in [0.1, 0.15) is 38.8 Å². The van der Waals surface area contributed by atoms with Crippen LogP contribution >= 0.6 is 0 Å². The summed E-state index contributed by atoms with van der Waals surface area (Å²) >= 11 is 0. The van der Waals surface area contributed by atoms with Crippen molar-refractivity contribution >= 4 is 27.4 Å². The van der Waals surface area contributed by atoms with Gasteiger partial charge < -0.3 is 10.1 Å². The maximum atomic E-state index is 12.6. The Morgan fingerprint density at radius 2 is 1.50 bits per heavy atom. The Labute approximate surface area is 187 Å². The SMILES string of the molecule is COCc1ccccc1NC(=O)c1ccc(CNS(=O)(=O)c2ccc(C(C)=O)cc2)cc1. The van der Waals surface area contributed by atoms with Gasteiger partial charge in [-0.1, -0.05) is 42.5 Å². The lowest BCUT2D eigenvalue weighted by Gasteiger charge is -2.11. The van der Waals surface area contributed by atoms with Gasteiger partial charge in [0.1, 0.15) is 0 Å². The lowest BCUT2D eigenvalue weighted by molar-refractivity contribution is 0.101. The van der Waals surface area contributed by atoms with E-state index in [4.69, 9.17) is 4.74 Å². The minimum Gasteiger partial charge on any atom is -0.380 e. The summed E-state index contributed by atoms with van der Waals surface area (Å²) in [6.07, 6.45) is 0. The van der Waals surface area contributed by atoms with Gasteiger partial charge in [0.2, 0.25) is 10.0 Å². The number of anilines is 1. The number of rotatable bonds is 9. The van der Waals surface area contributed by atoms with Crippen LogP contribution in [0.3, 0.4) is 0 Å². The van der Waals surface area contributed by atoms with E-state index < -0.39 is 10.0 Å². The van der Waals surface area contributed by atoms with E-state index in [1.165, 1.54) is 31.2 Å². The first kappa shape index (κ1) is 23.3. The van der Waals surface area contributed by atoms with Crippen LogP contribution in [0.5, 0.6) is 0 Å². The van der Waals surface area contributed by atoms with Crippen LogP contribution in [0.4, 0.5) is 5.69 Å². The topological polar surface area (TPSA) is 102 Å². The highest BCUT2D eigenvalue weighted by Crippen LogP contribution is 2.18. The van der Waals surface area contributed by atoms with Crippen LogP contribution in [0, 0.1) is 0 Å². The van der Waals surface area contributed by atoms with Crippen molar-refractivity contribution in [2.45, 2.75) is 25.0 Å². The van der Waals surface area contributed by atoms with Crippen LogP contribution in [-0.4, -0.2) is 27.2 Å². The van der Waals surface area contributed by atoms with Crippen LogP contribution in [0.2, 0.25) is 0 Å². The normalized spacial score (nSPS) is 11.2. The number of methoxy groups -OCH3 is 1.